The lowest BCUT2D eigenvalue weighted by molar-refractivity contribution is -0.146. The van der Waals surface area contributed by atoms with Crippen LogP contribution < -0.4 is 0 Å². The second-order valence-corrected chi connectivity index (χ2v) is 7.43. The number of amides is 1. The van der Waals surface area contributed by atoms with Gasteiger partial charge in [0.1, 0.15) is 6.04 Å². The van der Waals surface area contributed by atoms with Gasteiger partial charge in [-0.05, 0) is 25.7 Å². The van der Waals surface area contributed by atoms with Crippen LogP contribution in [0.1, 0.15) is 25.7 Å². The average Bonchev–Trinajstić information content (AvgIpc) is 2.87. The molecule has 7 nitrogen and oxygen atoms in total. The van der Waals surface area contributed by atoms with Crippen molar-refractivity contribution in [2.75, 3.05) is 25.9 Å². The molecule has 2 saturated heterocycles. The fourth-order valence-corrected chi connectivity index (χ4v) is 4.09. The molecule has 2 heterocycles. The Hall–Kier alpha value is -1.15. The van der Waals surface area contributed by atoms with E-state index in [1.807, 2.05) is 0 Å². The molecule has 114 valence electrons. The predicted octanol–water partition coefficient (Wildman–Crippen LogP) is -0.266. The molecular formula is C12H20N2O5S. The van der Waals surface area contributed by atoms with Crippen molar-refractivity contribution in [1.82, 2.24) is 9.21 Å². The van der Waals surface area contributed by atoms with Crippen molar-refractivity contribution in [3.05, 3.63) is 0 Å². The topological polar surface area (TPSA) is 95.0 Å². The molecule has 0 aromatic carbocycles. The lowest BCUT2D eigenvalue weighted by Gasteiger charge is -2.34. The monoisotopic (exact) mass is 304 g/mol. The first-order valence-corrected chi connectivity index (χ1v) is 8.64. The smallest absolute Gasteiger partial charge is 0.308 e. The number of carbonyl (C=O) groups is 2. The summed E-state index contributed by atoms with van der Waals surface area (Å²) in [4.78, 5) is 25.0. The highest BCUT2D eigenvalue weighted by atomic mass is 32.2. The first-order chi connectivity index (χ1) is 9.30. The first-order valence-electron chi connectivity index (χ1n) is 6.79. The molecule has 2 aliphatic rings. The van der Waals surface area contributed by atoms with Gasteiger partial charge in [0, 0.05) is 19.6 Å². The van der Waals surface area contributed by atoms with Gasteiger partial charge in [-0.3, -0.25) is 9.59 Å². The highest BCUT2D eigenvalue weighted by molar-refractivity contribution is 7.88. The predicted molar refractivity (Wildman–Crippen MR) is 71.5 cm³/mol. The third kappa shape index (κ3) is 3.12. The van der Waals surface area contributed by atoms with E-state index in [0.717, 1.165) is 6.26 Å². The number of carboxylic acids is 1. The van der Waals surface area contributed by atoms with Crippen molar-refractivity contribution in [3.8, 4) is 0 Å². The van der Waals surface area contributed by atoms with Crippen LogP contribution in [0.25, 0.3) is 0 Å². The number of likely N-dealkylation sites (tertiary alicyclic amines) is 1. The van der Waals surface area contributed by atoms with Crippen LogP contribution in [0.3, 0.4) is 0 Å². The van der Waals surface area contributed by atoms with Crippen molar-refractivity contribution in [2.45, 2.75) is 31.7 Å². The number of nitrogens with zero attached hydrogens (tertiary/aromatic N) is 2. The van der Waals surface area contributed by atoms with E-state index in [4.69, 9.17) is 5.11 Å². The molecule has 8 heteroatoms. The number of rotatable bonds is 3. The fourth-order valence-electron chi connectivity index (χ4n) is 2.97. The van der Waals surface area contributed by atoms with Crippen molar-refractivity contribution in [2.24, 2.45) is 5.92 Å². The number of hydrogen-bond acceptors (Lipinski definition) is 4. The number of aliphatic carboxylic acids is 1. The minimum Gasteiger partial charge on any atom is -0.481 e. The molecule has 0 radical (unpaired) electrons. The number of piperidine rings is 1. The van der Waals surface area contributed by atoms with Crippen LogP contribution in [0, 0.1) is 5.92 Å². The van der Waals surface area contributed by atoms with Crippen molar-refractivity contribution in [1.29, 1.82) is 0 Å². The second-order valence-electron chi connectivity index (χ2n) is 5.49. The Morgan fingerprint density at radius 2 is 1.80 bits per heavy atom. The summed E-state index contributed by atoms with van der Waals surface area (Å²) in [6.45, 7) is 1.06. The maximum absolute atomic E-state index is 12.5. The minimum absolute atomic E-state index is 0.183. The van der Waals surface area contributed by atoms with Gasteiger partial charge in [-0.2, -0.15) is 4.31 Å². The SMILES string of the molecule is CS(=O)(=O)N1CCC[C@@H]1C(=O)N1CCC[C@@H](C(=O)O)C1. The summed E-state index contributed by atoms with van der Waals surface area (Å²) < 4.78 is 24.6. The van der Waals surface area contributed by atoms with E-state index in [0.29, 0.717) is 38.8 Å². The van der Waals surface area contributed by atoms with Crippen LogP contribution in [-0.2, 0) is 19.6 Å². The van der Waals surface area contributed by atoms with E-state index >= 15 is 0 Å². The molecule has 1 amide bonds. The maximum atomic E-state index is 12.5. The van der Waals surface area contributed by atoms with E-state index in [2.05, 4.69) is 0 Å². The van der Waals surface area contributed by atoms with E-state index < -0.39 is 28.0 Å². The fraction of sp³-hybridized carbons (Fsp3) is 0.833. The molecule has 20 heavy (non-hydrogen) atoms. The third-order valence-corrected chi connectivity index (χ3v) is 5.29. The van der Waals surface area contributed by atoms with E-state index in [9.17, 15) is 18.0 Å². The largest absolute Gasteiger partial charge is 0.481 e. The maximum Gasteiger partial charge on any atom is 0.308 e. The standard InChI is InChI=1S/C12H20N2O5S/c1-20(18,19)14-7-3-5-10(14)11(15)13-6-2-4-9(8-13)12(16)17/h9-10H,2-8H2,1H3,(H,16,17)/t9-,10-/m1/s1. The Balaban J connectivity index is 2.09. The number of carbonyl (C=O) groups excluding carboxylic acids is 1. The zero-order valence-electron chi connectivity index (χ0n) is 11.5. The molecule has 0 saturated carbocycles. The molecule has 0 spiro atoms. The molecule has 1 N–H and O–H groups in total. The normalized spacial score (nSPS) is 28.6. The van der Waals surface area contributed by atoms with Crippen LogP contribution >= 0.6 is 0 Å². The van der Waals surface area contributed by atoms with Crippen LogP contribution in [0.4, 0.5) is 0 Å². The van der Waals surface area contributed by atoms with Gasteiger partial charge in [-0.25, -0.2) is 8.42 Å². The first kappa shape index (κ1) is 15.2. The number of hydrogen-bond donors (Lipinski definition) is 1. The second kappa shape index (κ2) is 5.69. The minimum atomic E-state index is -3.40. The van der Waals surface area contributed by atoms with Crippen molar-refractivity contribution >= 4 is 21.9 Å². The van der Waals surface area contributed by atoms with Crippen LogP contribution in [-0.4, -0.2) is 66.5 Å². The summed E-state index contributed by atoms with van der Waals surface area (Å²) in [5, 5.41) is 9.04. The van der Waals surface area contributed by atoms with Crippen LogP contribution in [0.5, 0.6) is 0 Å². The Bertz CT molecular complexity index is 504. The zero-order chi connectivity index (χ0) is 14.9. The zero-order valence-corrected chi connectivity index (χ0v) is 12.3. The average molecular weight is 304 g/mol. The van der Waals surface area contributed by atoms with E-state index in [1.165, 1.54) is 9.21 Å². The van der Waals surface area contributed by atoms with E-state index in [-0.39, 0.29) is 12.5 Å². The molecule has 0 unspecified atom stereocenters. The lowest BCUT2D eigenvalue weighted by Crippen LogP contribution is -2.51. The molecule has 0 aromatic rings. The summed E-state index contributed by atoms with van der Waals surface area (Å²) in [6, 6.07) is -0.655. The van der Waals surface area contributed by atoms with Crippen molar-refractivity contribution < 1.29 is 23.1 Å². The molecule has 2 aliphatic heterocycles. The van der Waals surface area contributed by atoms with Crippen molar-refractivity contribution in [3.63, 3.8) is 0 Å². The summed E-state index contributed by atoms with van der Waals surface area (Å²) >= 11 is 0. The molecule has 0 aliphatic carbocycles. The van der Waals surface area contributed by atoms with Gasteiger partial charge in [0.05, 0.1) is 12.2 Å². The quantitative estimate of drug-likeness (QED) is 0.774. The van der Waals surface area contributed by atoms with Gasteiger partial charge >= 0.3 is 5.97 Å². The molecular weight excluding hydrogens is 284 g/mol. The highest BCUT2D eigenvalue weighted by Gasteiger charge is 2.40. The molecule has 0 bridgehead atoms. The Morgan fingerprint density at radius 3 is 2.40 bits per heavy atom. The highest BCUT2D eigenvalue weighted by Crippen LogP contribution is 2.25. The third-order valence-electron chi connectivity index (χ3n) is 4.00. The van der Waals surface area contributed by atoms with Gasteiger partial charge in [-0.1, -0.05) is 0 Å². The van der Waals surface area contributed by atoms with Gasteiger partial charge in [0.2, 0.25) is 15.9 Å². The lowest BCUT2D eigenvalue weighted by atomic mass is 9.97. The van der Waals surface area contributed by atoms with E-state index in [1.54, 1.807) is 0 Å². The number of sulfonamides is 1. The van der Waals surface area contributed by atoms with Crippen LogP contribution in [0.2, 0.25) is 0 Å². The van der Waals surface area contributed by atoms with Gasteiger partial charge in [0.15, 0.2) is 0 Å². The Labute approximate surface area is 118 Å². The summed E-state index contributed by atoms with van der Waals surface area (Å²) in [5.74, 6) is -1.69. The molecule has 2 rings (SSSR count). The Morgan fingerprint density at radius 1 is 1.15 bits per heavy atom. The summed E-state index contributed by atoms with van der Waals surface area (Å²) in [7, 11) is -3.40. The van der Waals surface area contributed by atoms with Gasteiger partial charge < -0.3 is 10.0 Å². The Kier molecular flexibility index (Phi) is 4.33. The molecule has 2 fully saturated rings. The van der Waals surface area contributed by atoms with Crippen LogP contribution in [0.15, 0.2) is 0 Å². The summed E-state index contributed by atoms with van der Waals surface area (Å²) in [5.41, 5.74) is 0. The number of carboxylic acid groups (broad SMARTS) is 1. The molecule has 0 aromatic heterocycles. The van der Waals surface area contributed by atoms with Gasteiger partial charge in [0.25, 0.3) is 0 Å². The summed E-state index contributed by atoms with van der Waals surface area (Å²) in [6.07, 6.45) is 3.50. The molecule has 2 atom stereocenters. The van der Waals surface area contributed by atoms with Gasteiger partial charge in [-0.15, -0.1) is 0 Å².